The third-order valence-corrected chi connectivity index (χ3v) is 8.13. The Morgan fingerprint density at radius 3 is 2.48 bits per heavy atom. The van der Waals surface area contributed by atoms with Crippen LogP contribution in [-0.4, -0.2) is 39.7 Å². The van der Waals surface area contributed by atoms with E-state index in [4.69, 9.17) is 4.78 Å². The Balaban J connectivity index is 1.78. The fraction of sp³-hybridized carbons (Fsp3) is 0.375. The summed E-state index contributed by atoms with van der Waals surface area (Å²) in [6.07, 6.45) is 5.84. The van der Waals surface area contributed by atoms with Crippen molar-refractivity contribution in [2.24, 2.45) is 0 Å². The maximum absolute atomic E-state index is 13.6. The van der Waals surface area contributed by atoms with Crippen LogP contribution in [-0.2, 0) is 9.73 Å². The van der Waals surface area contributed by atoms with Gasteiger partial charge in [0, 0.05) is 29.9 Å². The molecule has 7 nitrogen and oxygen atoms in total. The lowest BCUT2D eigenvalue weighted by Crippen LogP contribution is -2.29. The second-order valence-corrected chi connectivity index (χ2v) is 11.6. The largest absolute Gasteiger partial charge is 0.354 e. The van der Waals surface area contributed by atoms with Crippen molar-refractivity contribution in [1.29, 1.82) is 4.78 Å². The van der Waals surface area contributed by atoms with Gasteiger partial charge in [0.25, 0.3) is 5.91 Å². The molecule has 0 radical (unpaired) electrons. The Morgan fingerprint density at radius 1 is 1.12 bits per heavy atom. The molecule has 2 N–H and O–H groups in total. The minimum Gasteiger partial charge on any atom is -0.354 e. The number of hydrogen-bond acceptors (Lipinski definition) is 7. The average molecular weight is 484 g/mol. The first kappa shape index (κ1) is 23.4. The Labute approximate surface area is 199 Å². The van der Waals surface area contributed by atoms with E-state index in [0.717, 1.165) is 47.6 Å². The molecule has 1 aliphatic rings. The van der Waals surface area contributed by atoms with Crippen LogP contribution in [0.5, 0.6) is 0 Å². The van der Waals surface area contributed by atoms with Gasteiger partial charge in [-0.3, -0.25) is 4.79 Å². The number of carbonyl (C=O) groups is 1. The quantitative estimate of drug-likeness (QED) is 0.500. The van der Waals surface area contributed by atoms with Gasteiger partial charge in [0.15, 0.2) is 5.82 Å². The monoisotopic (exact) mass is 483 g/mol. The number of anilines is 2. The summed E-state index contributed by atoms with van der Waals surface area (Å²) in [6, 6.07) is 8.73. The lowest BCUT2D eigenvalue weighted by atomic mass is 10.0. The van der Waals surface area contributed by atoms with Crippen LogP contribution in [0.4, 0.5) is 11.5 Å². The number of thiophene rings is 1. The Morgan fingerprint density at radius 2 is 1.85 bits per heavy atom. The maximum atomic E-state index is 13.6. The van der Waals surface area contributed by atoms with Gasteiger partial charge in [-0.25, -0.2) is 8.99 Å². The number of hydrogen-bond donors (Lipinski definition) is 2. The molecule has 3 heterocycles. The average Bonchev–Trinajstić information content (AvgIpc) is 3.02. The van der Waals surface area contributed by atoms with Crippen LogP contribution < -0.4 is 10.2 Å². The van der Waals surface area contributed by atoms with Crippen molar-refractivity contribution in [1.82, 2.24) is 10.2 Å². The molecule has 1 fully saturated rings. The first-order chi connectivity index (χ1) is 15.8. The molecule has 2 aromatic heterocycles. The van der Waals surface area contributed by atoms with Crippen molar-refractivity contribution in [2.75, 3.05) is 29.6 Å². The summed E-state index contributed by atoms with van der Waals surface area (Å²) in [5, 5.41) is 14.1. The van der Waals surface area contributed by atoms with Crippen molar-refractivity contribution in [3.8, 4) is 10.6 Å². The predicted molar refractivity (Wildman–Crippen MR) is 135 cm³/mol. The van der Waals surface area contributed by atoms with E-state index >= 15 is 0 Å². The highest BCUT2D eigenvalue weighted by atomic mass is 32.2. The SMILES string of the molecule is Cc1ccsc1-c1nnc(N2CCCCCC2)c(C(=O)Nc2cccc(S(C)(=N)=O)c2)c1C. The number of amides is 1. The van der Waals surface area contributed by atoms with Gasteiger partial charge in [-0.1, -0.05) is 18.9 Å². The van der Waals surface area contributed by atoms with E-state index < -0.39 is 9.73 Å². The number of benzene rings is 1. The van der Waals surface area contributed by atoms with Gasteiger partial charge in [0.05, 0.1) is 20.2 Å². The number of carbonyl (C=O) groups excluding carboxylic acids is 1. The fourth-order valence-corrected chi connectivity index (χ4v) is 5.78. The highest BCUT2D eigenvalue weighted by Gasteiger charge is 2.26. The second-order valence-electron chi connectivity index (χ2n) is 8.53. The van der Waals surface area contributed by atoms with Gasteiger partial charge < -0.3 is 10.2 Å². The lowest BCUT2D eigenvalue weighted by molar-refractivity contribution is 0.102. The predicted octanol–water partition coefficient (Wildman–Crippen LogP) is 5.49. The number of nitrogens with one attached hydrogen (secondary N) is 2. The number of rotatable bonds is 5. The molecule has 1 aromatic carbocycles. The van der Waals surface area contributed by atoms with Crippen LogP contribution in [0.25, 0.3) is 10.6 Å². The van der Waals surface area contributed by atoms with Gasteiger partial charge in [-0.05, 0) is 67.5 Å². The summed E-state index contributed by atoms with van der Waals surface area (Å²) in [6.45, 7) is 5.65. The molecule has 174 valence electrons. The number of aromatic nitrogens is 2. The highest BCUT2D eigenvalue weighted by Crippen LogP contribution is 2.34. The molecule has 0 saturated carbocycles. The Bertz CT molecular complexity index is 1280. The standard InChI is InChI=1S/C24H29N5O2S2/c1-16-11-14-32-22(16)21-17(2)20(23(28-27-21)29-12-6-4-5-7-13-29)24(30)26-18-9-8-10-19(15-18)33(3,25)31/h8-11,14-15,25H,4-7,12-13H2,1-3H3,(H,26,30). The molecule has 9 heteroatoms. The summed E-state index contributed by atoms with van der Waals surface area (Å²) < 4.78 is 20.0. The van der Waals surface area contributed by atoms with E-state index in [1.54, 1.807) is 35.6 Å². The zero-order valence-corrected chi connectivity index (χ0v) is 20.8. The van der Waals surface area contributed by atoms with Gasteiger partial charge >= 0.3 is 0 Å². The Kier molecular flexibility index (Phi) is 6.81. The maximum Gasteiger partial charge on any atom is 0.259 e. The minimum absolute atomic E-state index is 0.276. The summed E-state index contributed by atoms with van der Waals surface area (Å²) in [7, 11) is -2.88. The minimum atomic E-state index is -2.88. The normalized spacial score (nSPS) is 16.2. The molecule has 0 spiro atoms. The van der Waals surface area contributed by atoms with Crippen molar-refractivity contribution in [2.45, 2.75) is 44.4 Å². The molecular weight excluding hydrogens is 454 g/mol. The number of aryl methyl sites for hydroxylation is 1. The van der Waals surface area contributed by atoms with E-state index in [-0.39, 0.29) is 5.91 Å². The zero-order chi connectivity index (χ0) is 23.6. The van der Waals surface area contributed by atoms with Gasteiger partial charge in [-0.2, -0.15) is 0 Å². The molecule has 1 amide bonds. The third-order valence-electron chi connectivity index (χ3n) is 5.95. The molecule has 33 heavy (non-hydrogen) atoms. The first-order valence-electron chi connectivity index (χ1n) is 11.1. The molecule has 1 atom stereocenters. The summed E-state index contributed by atoms with van der Waals surface area (Å²) in [5.41, 5.74) is 3.65. The Hall–Kier alpha value is -2.78. The topological polar surface area (TPSA) is 99.0 Å². The molecule has 1 aliphatic heterocycles. The third kappa shape index (κ3) is 5.09. The van der Waals surface area contributed by atoms with Crippen molar-refractivity contribution >= 4 is 38.5 Å². The van der Waals surface area contributed by atoms with E-state index in [0.29, 0.717) is 22.0 Å². The van der Waals surface area contributed by atoms with Gasteiger partial charge in [-0.15, -0.1) is 21.5 Å². The lowest BCUT2D eigenvalue weighted by Gasteiger charge is -2.25. The summed E-state index contributed by atoms with van der Waals surface area (Å²) in [5.74, 6) is 0.336. The molecule has 3 aromatic rings. The molecule has 0 aliphatic carbocycles. The van der Waals surface area contributed by atoms with Gasteiger partial charge in [0.2, 0.25) is 0 Å². The van der Waals surface area contributed by atoms with Crippen LogP contribution >= 0.6 is 11.3 Å². The molecule has 4 rings (SSSR count). The van der Waals surface area contributed by atoms with Crippen LogP contribution in [0.3, 0.4) is 0 Å². The van der Waals surface area contributed by atoms with E-state index in [1.165, 1.54) is 19.1 Å². The van der Waals surface area contributed by atoms with Crippen LogP contribution in [0.1, 0.15) is 47.2 Å². The molecule has 0 bridgehead atoms. The van der Waals surface area contributed by atoms with Crippen LogP contribution in [0, 0.1) is 18.6 Å². The summed E-state index contributed by atoms with van der Waals surface area (Å²) in [4.78, 5) is 17.2. The zero-order valence-electron chi connectivity index (χ0n) is 19.2. The van der Waals surface area contributed by atoms with Crippen molar-refractivity contribution in [3.63, 3.8) is 0 Å². The molecular formula is C24H29N5O2S2. The smallest absolute Gasteiger partial charge is 0.259 e. The highest BCUT2D eigenvalue weighted by molar-refractivity contribution is 7.91. The van der Waals surface area contributed by atoms with E-state index in [2.05, 4.69) is 20.4 Å². The van der Waals surface area contributed by atoms with Gasteiger partial charge in [0.1, 0.15) is 5.69 Å². The van der Waals surface area contributed by atoms with E-state index in [1.807, 2.05) is 25.3 Å². The fourth-order valence-electron chi connectivity index (χ4n) is 4.12. The second kappa shape index (κ2) is 9.61. The van der Waals surface area contributed by atoms with Crippen LogP contribution in [0.2, 0.25) is 0 Å². The van der Waals surface area contributed by atoms with E-state index in [9.17, 15) is 9.00 Å². The first-order valence-corrected chi connectivity index (χ1v) is 13.9. The van der Waals surface area contributed by atoms with Crippen LogP contribution in [0.15, 0.2) is 40.6 Å². The number of nitrogens with zero attached hydrogens (tertiary/aromatic N) is 3. The molecule has 1 saturated heterocycles. The summed E-state index contributed by atoms with van der Waals surface area (Å²) >= 11 is 1.59. The van der Waals surface area contributed by atoms with Crippen molar-refractivity contribution < 1.29 is 9.00 Å². The molecule has 1 unspecified atom stereocenters. The van der Waals surface area contributed by atoms with Crippen molar-refractivity contribution in [3.05, 3.63) is 52.4 Å².